The van der Waals surface area contributed by atoms with Gasteiger partial charge in [-0.25, -0.2) is 0 Å². The Hall–Kier alpha value is -1.22. The number of hydrogen-bond acceptors (Lipinski definition) is 3. The minimum absolute atomic E-state index is 0.368. The summed E-state index contributed by atoms with van der Waals surface area (Å²) in [7, 11) is 3.33. The molecule has 3 heteroatoms. The Morgan fingerprint density at radius 3 is 2.28 bits per heavy atom. The highest BCUT2D eigenvalue weighted by atomic mass is 16.5. The Kier molecular flexibility index (Phi) is 5.99. The Morgan fingerprint density at radius 1 is 1.11 bits per heavy atom. The molecule has 1 rings (SSSR count). The van der Waals surface area contributed by atoms with Crippen LogP contribution in [-0.4, -0.2) is 20.8 Å². The second-order valence-corrected chi connectivity index (χ2v) is 4.88. The Morgan fingerprint density at radius 2 is 1.78 bits per heavy atom. The van der Waals surface area contributed by atoms with Crippen LogP contribution in [0.1, 0.15) is 38.8 Å². The molecule has 0 amide bonds. The maximum absolute atomic E-state index is 5.34. The smallest absolute Gasteiger partial charge is 0.161 e. The molecule has 1 unspecified atom stereocenters. The first-order valence-electron chi connectivity index (χ1n) is 6.57. The quantitative estimate of drug-likeness (QED) is 0.805. The average molecular weight is 251 g/mol. The predicted molar refractivity (Wildman–Crippen MR) is 75.4 cm³/mol. The van der Waals surface area contributed by atoms with Crippen molar-refractivity contribution in [3.05, 3.63) is 23.8 Å². The monoisotopic (exact) mass is 251 g/mol. The topological polar surface area (TPSA) is 30.5 Å². The van der Waals surface area contributed by atoms with E-state index in [1.54, 1.807) is 14.2 Å². The van der Waals surface area contributed by atoms with Gasteiger partial charge < -0.3 is 14.8 Å². The van der Waals surface area contributed by atoms with Crippen LogP contribution >= 0.6 is 0 Å². The SMILES string of the molecule is CCC(NCC(C)C)c1ccc(OC)c(OC)c1. The van der Waals surface area contributed by atoms with E-state index in [0.29, 0.717) is 12.0 Å². The van der Waals surface area contributed by atoms with Gasteiger partial charge >= 0.3 is 0 Å². The molecule has 1 aromatic rings. The fourth-order valence-electron chi connectivity index (χ4n) is 1.95. The number of hydrogen-bond donors (Lipinski definition) is 1. The molecule has 0 aliphatic heterocycles. The van der Waals surface area contributed by atoms with E-state index < -0.39 is 0 Å². The molecule has 0 saturated carbocycles. The summed E-state index contributed by atoms with van der Waals surface area (Å²) < 4.78 is 10.6. The van der Waals surface area contributed by atoms with Gasteiger partial charge in [-0.15, -0.1) is 0 Å². The van der Waals surface area contributed by atoms with Crippen LogP contribution in [0.5, 0.6) is 11.5 Å². The predicted octanol–water partition coefficient (Wildman–Crippen LogP) is 3.40. The van der Waals surface area contributed by atoms with Crippen molar-refractivity contribution in [3.8, 4) is 11.5 Å². The molecular weight excluding hydrogens is 226 g/mol. The van der Waals surface area contributed by atoms with Crippen molar-refractivity contribution in [2.75, 3.05) is 20.8 Å². The van der Waals surface area contributed by atoms with Crippen molar-refractivity contribution in [2.24, 2.45) is 5.92 Å². The summed E-state index contributed by atoms with van der Waals surface area (Å²) in [5, 5.41) is 3.58. The zero-order chi connectivity index (χ0) is 13.5. The van der Waals surface area contributed by atoms with Gasteiger partial charge in [0.1, 0.15) is 0 Å². The highest BCUT2D eigenvalue weighted by Gasteiger charge is 2.12. The van der Waals surface area contributed by atoms with E-state index in [-0.39, 0.29) is 0 Å². The second-order valence-electron chi connectivity index (χ2n) is 4.88. The van der Waals surface area contributed by atoms with Gasteiger partial charge in [0.15, 0.2) is 11.5 Å². The molecule has 18 heavy (non-hydrogen) atoms. The second kappa shape index (κ2) is 7.27. The maximum Gasteiger partial charge on any atom is 0.161 e. The van der Waals surface area contributed by atoms with Crippen LogP contribution in [0.25, 0.3) is 0 Å². The lowest BCUT2D eigenvalue weighted by molar-refractivity contribution is 0.353. The molecular formula is C15H25NO2. The average Bonchev–Trinajstić information content (AvgIpc) is 2.38. The number of benzene rings is 1. The van der Waals surface area contributed by atoms with Crippen LogP contribution in [-0.2, 0) is 0 Å². The third-order valence-electron chi connectivity index (χ3n) is 2.99. The van der Waals surface area contributed by atoms with Crippen molar-refractivity contribution in [3.63, 3.8) is 0 Å². The number of methoxy groups -OCH3 is 2. The molecule has 1 atom stereocenters. The van der Waals surface area contributed by atoms with E-state index >= 15 is 0 Å². The fraction of sp³-hybridized carbons (Fsp3) is 0.600. The molecule has 3 nitrogen and oxygen atoms in total. The van der Waals surface area contributed by atoms with Crippen LogP contribution in [0.4, 0.5) is 0 Å². The van der Waals surface area contributed by atoms with E-state index in [1.807, 2.05) is 6.07 Å². The molecule has 0 aromatic heterocycles. The molecule has 0 aliphatic carbocycles. The van der Waals surface area contributed by atoms with Gasteiger partial charge in [-0.1, -0.05) is 26.8 Å². The summed E-state index contributed by atoms with van der Waals surface area (Å²) in [4.78, 5) is 0. The lowest BCUT2D eigenvalue weighted by Gasteiger charge is -2.20. The van der Waals surface area contributed by atoms with Crippen molar-refractivity contribution in [2.45, 2.75) is 33.2 Å². The van der Waals surface area contributed by atoms with E-state index in [2.05, 4.69) is 38.2 Å². The standard InChI is InChI=1S/C15H25NO2/c1-6-13(16-10-11(2)3)12-7-8-14(17-4)15(9-12)18-5/h7-9,11,13,16H,6,10H2,1-5H3. The third kappa shape index (κ3) is 3.91. The van der Waals surface area contributed by atoms with Gasteiger partial charge in [0.2, 0.25) is 0 Å². The van der Waals surface area contributed by atoms with E-state index in [9.17, 15) is 0 Å². The summed E-state index contributed by atoms with van der Waals surface area (Å²) in [6, 6.07) is 6.49. The number of nitrogens with one attached hydrogen (secondary N) is 1. The van der Waals surface area contributed by atoms with Gasteiger partial charge in [0.25, 0.3) is 0 Å². The molecule has 1 aromatic carbocycles. The van der Waals surface area contributed by atoms with Crippen LogP contribution in [0.3, 0.4) is 0 Å². The highest BCUT2D eigenvalue weighted by Crippen LogP contribution is 2.30. The minimum atomic E-state index is 0.368. The summed E-state index contributed by atoms with van der Waals surface area (Å²) in [6.45, 7) is 7.64. The fourth-order valence-corrected chi connectivity index (χ4v) is 1.95. The zero-order valence-electron chi connectivity index (χ0n) is 12.1. The summed E-state index contributed by atoms with van der Waals surface area (Å²) >= 11 is 0. The minimum Gasteiger partial charge on any atom is -0.493 e. The summed E-state index contributed by atoms with van der Waals surface area (Å²) in [5.41, 5.74) is 1.25. The van der Waals surface area contributed by atoms with Gasteiger partial charge in [-0.3, -0.25) is 0 Å². The maximum atomic E-state index is 5.34. The molecule has 1 N–H and O–H groups in total. The largest absolute Gasteiger partial charge is 0.493 e. The van der Waals surface area contributed by atoms with Gasteiger partial charge in [-0.05, 0) is 36.6 Å². The Bertz CT molecular complexity index is 364. The Balaban J connectivity index is 2.85. The molecule has 0 bridgehead atoms. The molecule has 0 fully saturated rings. The van der Waals surface area contributed by atoms with Crippen LogP contribution in [0.2, 0.25) is 0 Å². The van der Waals surface area contributed by atoms with E-state index in [4.69, 9.17) is 9.47 Å². The van der Waals surface area contributed by atoms with Crippen molar-refractivity contribution in [1.29, 1.82) is 0 Å². The van der Waals surface area contributed by atoms with E-state index in [1.165, 1.54) is 5.56 Å². The molecule has 0 heterocycles. The van der Waals surface area contributed by atoms with Gasteiger partial charge in [0, 0.05) is 6.04 Å². The first kappa shape index (κ1) is 14.8. The lowest BCUT2D eigenvalue weighted by Crippen LogP contribution is -2.24. The lowest BCUT2D eigenvalue weighted by atomic mass is 10.0. The molecule has 102 valence electrons. The van der Waals surface area contributed by atoms with Gasteiger partial charge in [0.05, 0.1) is 14.2 Å². The van der Waals surface area contributed by atoms with Crippen molar-refractivity contribution >= 4 is 0 Å². The molecule has 0 radical (unpaired) electrons. The zero-order valence-corrected chi connectivity index (χ0v) is 12.1. The van der Waals surface area contributed by atoms with Gasteiger partial charge in [-0.2, -0.15) is 0 Å². The molecule has 0 saturated heterocycles. The first-order valence-corrected chi connectivity index (χ1v) is 6.57. The third-order valence-corrected chi connectivity index (χ3v) is 2.99. The van der Waals surface area contributed by atoms with Crippen LogP contribution in [0, 0.1) is 5.92 Å². The number of rotatable bonds is 7. The highest BCUT2D eigenvalue weighted by molar-refractivity contribution is 5.43. The Labute approximate surface area is 110 Å². The van der Waals surface area contributed by atoms with Crippen molar-refractivity contribution < 1.29 is 9.47 Å². The van der Waals surface area contributed by atoms with Crippen LogP contribution in [0.15, 0.2) is 18.2 Å². The first-order chi connectivity index (χ1) is 8.62. The van der Waals surface area contributed by atoms with Crippen LogP contribution < -0.4 is 14.8 Å². The normalized spacial score (nSPS) is 12.6. The molecule has 0 spiro atoms. The van der Waals surface area contributed by atoms with E-state index in [0.717, 1.165) is 24.5 Å². The summed E-state index contributed by atoms with van der Waals surface area (Å²) in [5.74, 6) is 2.22. The van der Waals surface area contributed by atoms with Crippen molar-refractivity contribution in [1.82, 2.24) is 5.32 Å². The summed E-state index contributed by atoms with van der Waals surface area (Å²) in [6.07, 6.45) is 1.06. The molecule has 0 aliphatic rings. The number of ether oxygens (including phenoxy) is 2.